The van der Waals surface area contributed by atoms with E-state index in [0.717, 1.165) is 6.92 Å². The molecular weight excluding hydrogens is 168 g/mol. The number of hydrogen-bond acceptors (Lipinski definition) is 5. The van der Waals surface area contributed by atoms with Crippen LogP contribution >= 0.6 is 0 Å². The Bertz CT molecular complexity index is 240. The van der Waals surface area contributed by atoms with Crippen LogP contribution in [0.4, 0.5) is 0 Å². The highest BCUT2D eigenvalue weighted by molar-refractivity contribution is 6.30. The molecule has 0 rings (SSSR count). The summed E-state index contributed by atoms with van der Waals surface area (Å²) in [4.78, 5) is 40.7. The Labute approximate surface area is 67.1 Å². The van der Waals surface area contributed by atoms with Crippen molar-refractivity contribution in [1.29, 1.82) is 0 Å². The molecule has 12 heavy (non-hydrogen) atoms. The van der Waals surface area contributed by atoms with Gasteiger partial charge in [0, 0.05) is 0 Å². The predicted molar refractivity (Wildman–Crippen MR) is 34.0 cm³/mol. The van der Waals surface area contributed by atoms with Crippen LogP contribution in [-0.2, 0) is 23.9 Å². The molecule has 0 heterocycles. The van der Waals surface area contributed by atoms with Crippen molar-refractivity contribution in [2.24, 2.45) is 0 Å². The summed E-state index contributed by atoms with van der Waals surface area (Å²) in [5, 5.41) is 7.95. The van der Waals surface area contributed by atoms with Crippen LogP contribution in [0, 0.1) is 0 Å². The molecule has 0 saturated heterocycles. The van der Waals surface area contributed by atoms with E-state index in [1.165, 1.54) is 0 Å². The topological polar surface area (TPSA) is 97.7 Å². The summed E-state index contributed by atoms with van der Waals surface area (Å²) in [6, 6.07) is 0. The van der Waals surface area contributed by atoms with Crippen molar-refractivity contribution in [3.8, 4) is 0 Å². The zero-order valence-electron chi connectivity index (χ0n) is 6.20. The summed E-state index contributed by atoms with van der Waals surface area (Å²) in [6.45, 7) is 1.12. The number of ketones is 1. The molecule has 6 nitrogen and oxygen atoms in total. The van der Waals surface area contributed by atoms with E-state index < -0.39 is 30.1 Å². The van der Waals surface area contributed by atoms with Gasteiger partial charge in [0.15, 0.2) is 0 Å². The summed E-state index contributed by atoms with van der Waals surface area (Å²) in [6.07, 6.45) is -0.598. The zero-order chi connectivity index (χ0) is 9.72. The fourth-order valence-electron chi connectivity index (χ4n) is 0.386. The number of carbonyl (C=O) groups excluding carboxylic acids is 3. The van der Waals surface area contributed by atoms with Crippen LogP contribution in [0.5, 0.6) is 0 Å². The predicted octanol–water partition coefficient (Wildman–Crippen LogP) is -0.880. The molecule has 0 radical (unpaired) electrons. The second-order valence-electron chi connectivity index (χ2n) is 1.95. The fourth-order valence-corrected chi connectivity index (χ4v) is 0.386. The van der Waals surface area contributed by atoms with Gasteiger partial charge >= 0.3 is 17.9 Å². The number of rotatable bonds is 2. The Kier molecular flexibility index (Phi) is 3.61. The van der Waals surface area contributed by atoms with Gasteiger partial charge in [-0.2, -0.15) is 0 Å². The van der Waals surface area contributed by atoms with E-state index in [1.807, 2.05) is 0 Å². The van der Waals surface area contributed by atoms with E-state index in [0.29, 0.717) is 0 Å². The van der Waals surface area contributed by atoms with E-state index in [-0.39, 0.29) is 0 Å². The van der Waals surface area contributed by atoms with Crippen molar-refractivity contribution in [3.05, 3.63) is 0 Å². The van der Waals surface area contributed by atoms with Gasteiger partial charge in [0.1, 0.15) is 12.2 Å². The first-order valence-electron chi connectivity index (χ1n) is 2.91. The molecule has 0 aliphatic rings. The van der Waals surface area contributed by atoms with Crippen molar-refractivity contribution < 1.29 is 29.0 Å². The third kappa shape index (κ3) is 4.15. The average Bonchev–Trinajstić information content (AvgIpc) is 1.84. The standard InChI is InChI=1S/C6H6O6/c1-3(7)2-4(8)12-6(11)5(9)10/h2H2,1H3,(H,9,10). The van der Waals surface area contributed by atoms with Crippen molar-refractivity contribution in [2.75, 3.05) is 0 Å². The zero-order valence-corrected chi connectivity index (χ0v) is 6.20. The molecular formula is C6H6O6. The van der Waals surface area contributed by atoms with Gasteiger partial charge in [0.2, 0.25) is 0 Å². The van der Waals surface area contributed by atoms with Crippen LogP contribution in [0.2, 0.25) is 0 Å². The first-order chi connectivity index (χ1) is 5.43. The molecule has 0 aliphatic heterocycles. The van der Waals surface area contributed by atoms with Gasteiger partial charge in [-0.25, -0.2) is 9.59 Å². The summed E-state index contributed by atoms with van der Waals surface area (Å²) >= 11 is 0. The first-order valence-corrected chi connectivity index (χ1v) is 2.91. The maximum absolute atomic E-state index is 10.4. The SMILES string of the molecule is CC(=O)CC(=O)OC(=O)C(=O)O. The van der Waals surface area contributed by atoms with Gasteiger partial charge in [-0.1, -0.05) is 0 Å². The first kappa shape index (κ1) is 10.3. The van der Waals surface area contributed by atoms with Gasteiger partial charge in [-0.15, -0.1) is 0 Å². The summed E-state index contributed by atoms with van der Waals surface area (Å²) < 4.78 is 3.72. The molecule has 0 aromatic heterocycles. The third-order valence-electron chi connectivity index (χ3n) is 0.774. The molecule has 0 aliphatic carbocycles. The van der Waals surface area contributed by atoms with E-state index >= 15 is 0 Å². The van der Waals surface area contributed by atoms with Crippen molar-refractivity contribution in [1.82, 2.24) is 0 Å². The lowest BCUT2D eigenvalue weighted by molar-refractivity contribution is -0.171. The summed E-state index contributed by atoms with van der Waals surface area (Å²) in [7, 11) is 0. The van der Waals surface area contributed by atoms with E-state index in [2.05, 4.69) is 4.74 Å². The number of carboxylic acid groups (broad SMARTS) is 1. The normalized spacial score (nSPS) is 8.75. The van der Waals surface area contributed by atoms with Crippen LogP contribution in [0.3, 0.4) is 0 Å². The van der Waals surface area contributed by atoms with Gasteiger partial charge < -0.3 is 9.84 Å². The lowest BCUT2D eigenvalue weighted by Crippen LogP contribution is -2.21. The Morgan fingerprint density at radius 3 is 2.08 bits per heavy atom. The molecule has 0 aromatic rings. The van der Waals surface area contributed by atoms with Crippen LogP contribution in [0.25, 0.3) is 0 Å². The van der Waals surface area contributed by atoms with Gasteiger partial charge in [-0.05, 0) is 6.92 Å². The molecule has 0 saturated carbocycles. The Hall–Kier alpha value is -1.72. The minimum absolute atomic E-state index is 0.502. The highest BCUT2D eigenvalue weighted by Gasteiger charge is 2.18. The largest absolute Gasteiger partial charge is 0.473 e. The van der Waals surface area contributed by atoms with Crippen molar-refractivity contribution in [2.45, 2.75) is 13.3 Å². The number of carboxylic acids is 1. The third-order valence-corrected chi connectivity index (χ3v) is 0.774. The van der Waals surface area contributed by atoms with Crippen LogP contribution in [0.1, 0.15) is 13.3 Å². The minimum atomic E-state index is -1.87. The highest BCUT2D eigenvalue weighted by Crippen LogP contribution is 1.88. The molecule has 0 amide bonds. The van der Waals surface area contributed by atoms with E-state index in [9.17, 15) is 19.2 Å². The van der Waals surface area contributed by atoms with E-state index in [1.54, 1.807) is 0 Å². The number of hydrogen-bond donors (Lipinski definition) is 1. The Morgan fingerprint density at radius 2 is 1.75 bits per heavy atom. The number of Topliss-reactive ketones (excluding diaryl/α,β-unsaturated/α-hetero) is 1. The van der Waals surface area contributed by atoms with Gasteiger partial charge in [0.25, 0.3) is 0 Å². The Morgan fingerprint density at radius 1 is 1.25 bits per heavy atom. The van der Waals surface area contributed by atoms with Crippen molar-refractivity contribution in [3.63, 3.8) is 0 Å². The molecule has 0 unspecified atom stereocenters. The van der Waals surface area contributed by atoms with Crippen LogP contribution < -0.4 is 0 Å². The van der Waals surface area contributed by atoms with Crippen molar-refractivity contribution >= 4 is 23.7 Å². The lowest BCUT2D eigenvalue weighted by Gasteiger charge is -1.95. The van der Waals surface area contributed by atoms with Gasteiger partial charge in [-0.3, -0.25) is 9.59 Å². The van der Waals surface area contributed by atoms with Crippen LogP contribution in [-0.4, -0.2) is 28.8 Å². The fraction of sp³-hybridized carbons (Fsp3) is 0.333. The number of esters is 2. The summed E-state index contributed by atoms with van der Waals surface area (Å²) in [5.41, 5.74) is 0. The molecule has 1 N–H and O–H groups in total. The second kappa shape index (κ2) is 4.22. The molecule has 0 fully saturated rings. The quantitative estimate of drug-likeness (QED) is 0.331. The number of carbonyl (C=O) groups is 4. The monoisotopic (exact) mass is 174 g/mol. The van der Waals surface area contributed by atoms with E-state index in [4.69, 9.17) is 5.11 Å². The maximum atomic E-state index is 10.4. The molecule has 0 atom stereocenters. The van der Waals surface area contributed by atoms with Crippen LogP contribution in [0.15, 0.2) is 0 Å². The molecule has 0 spiro atoms. The maximum Gasteiger partial charge on any atom is 0.424 e. The second-order valence-corrected chi connectivity index (χ2v) is 1.95. The molecule has 66 valence electrons. The van der Waals surface area contributed by atoms with Gasteiger partial charge in [0.05, 0.1) is 0 Å². The lowest BCUT2D eigenvalue weighted by atomic mass is 10.3. The number of aliphatic carboxylic acids is 1. The molecule has 0 bridgehead atoms. The number of ether oxygens (including phenoxy) is 1. The minimum Gasteiger partial charge on any atom is -0.473 e. The summed E-state index contributed by atoms with van der Waals surface area (Å²) in [5.74, 6) is -5.21. The highest BCUT2D eigenvalue weighted by atomic mass is 16.6. The smallest absolute Gasteiger partial charge is 0.424 e. The molecule has 6 heteroatoms. The average molecular weight is 174 g/mol. The molecule has 0 aromatic carbocycles. The Balaban J connectivity index is 3.94.